The Bertz CT molecular complexity index is 1710. The highest BCUT2D eigenvalue weighted by molar-refractivity contribution is 7.22. The van der Waals surface area contributed by atoms with Crippen LogP contribution in [0.1, 0.15) is 0 Å². The number of carbonyl (C=O) groups excluding carboxylic acids is 1. The molecular weight excluding hydrogens is 547 g/mol. The summed E-state index contributed by atoms with van der Waals surface area (Å²) in [6.07, 6.45) is -5.29. The largest absolute Gasteiger partial charge is 0.491 e. The minimum Gasteiger partial charge on any atom is -0.385 e. The fraction of sp³-hybridized carbons (Fsp3) is 0.167. The molecule has 2 N–H and O–H groups in total. The van der Waals surface area contributed by atoms with Gasteiger partial charge in [0.05, 0.1) is 28.8 Å². The Labute approximate surface area is 220 Å². The van der Waals surface area contributed by atoms with Gasteiger partial charge >= 0.3 is 18.2 Å². The first-order valence-electron chi connectivity index (χ1n) is 11.0. The van der Waals surface area contributed by atoms with Crippen molar-refractivity contribution in [2.24, 2.45) is 0 Å². The Morgan fingerprint density at radius 2 is 1.89 bits per heavy atom. The van der Waals surface area contributed by atoms with Gasteiger partial charge in [-0.3, -0.25) is 4.79 Å². The number of imidazole rings is 1. The minimum atomic E-state index is -5.29. The van der Waals surface area contributed by atoms with Crippen molar-refractivity contribution in [3.8, 4) is 22.1 Å². The molecule has 0 radical (unpaired) electrons. The molecule has 196 valence electrons. The van der Waals surface area contributed by atoms with Gasteiger partial charge in [-0.2, -0.15) is 18.2 Å². The molecule has 38 heavy (non-hydrogen) atoms. The van der Waals surface area contributed by atoms with Crippen molar-refractivity contribution < 1.29 is 27.4 Å². The number of aromatic nitrogens is 4. The zero-order valence-electron chi connectivity index (χ0n) is 19.4. The number of hydrogen-bond acceptors (Lipinski definition) is 8. The van der Waals surface area contributed by atoms with Crippen molar-refractivity contribution in [2.45, 2.75) is 6.18 Å². The van der Waals surface area contributed by atoms with E-state index in [9.17, 15) is 22.8 Å². The van der Waals surface area contributed by atoms with Crippen LogP contribution >= 0.6 is 22.9 Å². The Hall–Kier alpha value is -3.94. The standard InChI is InChI=1S/C24H17ClF3N5O4S/c1-36-9-8-29-22-30-15-7-6-14(10-16(15)31-22)33-20(34)19-17(32-23(33)37-21(35)24(26,27)28)11-18(38-19)12-2-4-13(25)5-3-12/h2-7,10-11H,8-9H2,1H3,(H2,29,30,31). The second kappa shape index (κ2) is 10.1. The van der Waals surface area contributed by atoms with Crippen LogP contribution in [0.2, 0.25) is 5.02 Å². The van der Waals surface area contributed by atoms with Crippen LogP contribution in [0, 0.1) is 0 Å². The molecule has 5 rings (SSSR count). The fourth-order valence-corrected chi connectivity index (χ4v) is 4.80. The highest BCUT2D eigenvalue weighted by Gasteiger charge is 2.42. The Morgan fingerprint density at radius 1 is 1.13 bits per heavy atom. The highest BCUT2D eigenvalue weighted by Crippen LogP contribution is 2.33. The van der Waals surface area contributed by atoms with Gasteiger partial charge in [0, 0.05) is 23.6 Å². The number of H-pyrrole nitrogens is 1. The van der Waals surface area contributed by atoms with Gasteiger partial charge in [0.25, 0.3) is 5.56 Å². The van der Waals surface area contributed by atoms with E-state index in [1.807, 2.05) is 0 Å². The second-order valence-corrected chi connectivity index (χ2v) is 9.45. The Kier molecular flexibility index (Phi) is 6.82. The number of esters is 1. The maximum Gasteiger partial charge on any atom is 0.491 e. The van der Waals surface area contributed by atoms with E-state index in [2.05, 4.69) is 25.0 Å². The number of methoxy groups -OCH3 is 1. The van der Waals surface area contributed by atoms with E-state index in [4.69, 9.17) is 16.3 Å². The zero-order chi connectivity index (χ0) is 27.0. The van der Waals surface area contributed by atoms with Gasteiger partial charge in [-0.15, -0.1) is 11.3 Å². The average Bonchev–Trinajstić information content (AvgIpc) is 3.48. The van der Waals surface area contributed by atoms with Gasteiger partial charge in [-0.1, -0.05) is 23.7 Å². The molecule has 0 aliphatic rings. The van der Waals surface area contributed by atoms with Crippen molar-refractivity contribution >= 4 is 56.1 Å². The third-order valence-electron chi connectivity index (χ3n) is 5.38. The molecule has 0 unspecified atom stereocenters. The van der Waals surface area contributed by atoms with Crippen LogP contribution in [0.4, 0.5) is 19.1 Å². The molecule has 0 atom stereocenters. The van der Waals surface area contributed by atoms with Gasteiger partial charge < -0.3 is 19.8 Å². The van der Waals surface area contributed by atoms with Crippen molar-refractivity contribution in [3.63, 3.8) is 0 Å². The lowest BCUT2D eigenvalue weighted by Crippen LogP contribution is -2.31. The number of thiophene rings is 1. The maximum atomic E-state index is 13.6. The molecule has 14 heteroatoms. The third-order valence-corrected chi connectivity index (χ3v) is 6.80. The van der Waals surface area contributed by atoms with E-state index >= 15 is 0 Å². The Balaban J connectivity index is 1.64. The molecule has 9 nitrogen and oxygen atoms in total. The summed E-state index contributed by atoms with van der Waals surface area (Å²) in [5, 5.41) is 3.55. The van der Waals surface area contributed by atoms with Crippen LogP contribution in [-0.2, 0) is 9.53 Å². The van der Waals surface area contributed by atoms with Crippen LogP contribution in [-0.4, -0.2) is 51.9 Å². The molecule has 0 amide bonds. The average molecular weight is 564 g/mol. The number of aromatic amines is 1. The molecule has 5 aromatic rings. The molecule has 0 saturated carbocycles. The summed E-state index contributed by atoms with van der Waals surface area (Å²) >= 11 is 7.05. The predicted molar refractivity (Wildman–Crippen MR) is 137 cm³/mol. The summed E-state index contributed by atoms with van der Waals surface area (Å²) < 4.78 is 49.7. The number of nitrogens with one attached hydrogen (secondary N) is 2. The Morgan fingerprint density at radius 3 is 2.61 bits per heavy atom. The normalized spacial score (nSPS) is 11.8. The first kappa shape index (κ1) is 25.7. The lowest BCUT2D eigenvalue weighted by molar-refractivity contribution is -0.190. The zero-order valence-corrected chi connectivity index (χ0v) is 21.0. The molecular formula is C24H17ClF3N5O4S. The van der Waals surface area contributed by atoms with Gasteiger partial charge in [-0.25, -0.2) is 14.3 Å². The first-order chi connectivity index (χ1) is 18.1. The van der Waals surface area contributed by atoms with Crippen LogP contribution in [0.25, 0.3) is 37.4 Å². The lowest BCUT2D eigenvalue weighted by atomic mass is 10.2. The van der Waals surface area contributed by atoms with Gasteiger partial charge in [0.2, 0.25) is 5.95 Å². The summed E-state index contributed by atoms with van der Waals surface area (Å²) in [5.74, 6) is -2.07. The number of rotatable bonds is 7. The number of ether oxygens (including phenoxy) is 2. The van der Waals surface area contributed by atoms with Crippen molar-refractivity contribution in [1.82, 2.24) is 19.5 Å². The molecule has 3 aromatic heterocycles. The molecule has 0 saturated heterocycles. The lowest BCUT2D eigenvalue weighted by Gasteiger charge is -2.12. The third kappa shape index (κ3) is 5.08. The number of benzene rings is 2. The first-order valence-corrected chi connectivity index (χ1v) is 12.2. The van der Waals surface area contributed by atoms with Gasteiger partial charge in [0.15, 0.2) is 0 Å². The predicted octanol–water partition coefficient (Wildman–Crippen LogP) is 5.17. The summed E-state index contributed by atoms with van der Waals surface area (Å²) in [6, 6.07) is 12.1. The molecule has 3 heterocycles. The van der Waals surface area contributed by atoms with Crippen molar-refractivity contribution in [1.29, 1.82) is 0 Å². The van der Waals surface area contributed by atoms with Crippen LogP contribution < -0.4 is 15.6 Å². The smallest absolute Gasteiger partial charge is 0.385 e. The molecule has 2 aromatic carbocycles. The molecule has 0 fully saturated rings. The van der Waals surface area contributed by atoms with Gasteiger partial charge in [-0.05, 0) is 42.0 Å². The van der Waals surface area contributed by atoms with Gasteiger partial charge in [0.1, 0.15) is 4.70 Å². The number of hydrogen-bond donors (Lipinski definition) is 2. The highest BCUT2D eigenvalue weighted by atomic mass is 35.5. The number of carbonyl (C=O) groups is 1. The van der Waals surface area contributed by atoms with Crippen molar-refractivity contribution in [2.75, 3.05) is 25.6 Å². The van der Waals surface area contributed by atoms with E-state index in [1.165, 1.54) is 18.2 Å². The SMILES string of the molecule is COCCNc1nc2ccc(-n3c(OC(=O)C(F)(F)F)nc4cc(-c5ccc(Cl)cc5)sc4c3=O)cc2[nH]1. The van der Waals surface area contributed by atoms with Crippen LogP contribution in [0.3, 0.4) is 0 Å². The van der Waals surface area contributed by atoms with E-state index in [0.29, 0.717) is 40.0 Å². The fourth-order valence-electron chi connectivity index (χ4n) is 3.64. The quantitative estimate of drug-likeness (QED) is 0.208. The topological polar surface area (TPSA) is 111 Å². The minimum absolute atomic E-state index is 0.0819. The molecule has 0 aliphatic carbocycles. The van der Waals surface area contributed by atoms with E-state index in [1.54, 1.807) is 37.4 Å². The number of nitrogens with zero attached hydrogens (tertiary/aromatic N) is 3. The van der Waals surface area contributed by atoms with Crippen LogP contribution in [0.5, 0.6) is 6.01 Å². The maximum absolute atomic E-state index is 13.6. The number of halogens is 4. The van der Waals surface area contributed by atoms with Crippen molar-refractivity contribution in [3.05, 3.63) is 63.9 Å². The van der Waals surface area contributed by atoms with E-state index < -0.39 is 23.7 Å². The monoisotopic (exact) mass is 563 g/mol. The molecule has 0 aliphatic heterocycles. The summed E-state index contributed by atoms with van der Waals surface area (Å²) in [7, 11) is 1.56. The molecule has 0 spiro atoms. The van der Waals surface area contributed by atoms with Crippen LogP contribution in [0.15, 0.2) is 53.3 Å². The number of alkyl halides is 3. The van der Waals surface area contributed by atoms with E-state index in [-0.39, 0.29) is 15.9 Å². The number of anilines is 1. The summed E-state index contributed by atoms with van der Waals surface area (Å²) in [5.41, 5.74) is 1.24. The second-order valence-electron chi connectivity index (χ2n) is 7.96. The van der Waals surface area contributed by atoms with E-state index in [0.717, 1.165) is 21.5 Å². The number of fused-ring (bicyclic) bond motifs is 2. The summed E-state index contributed by atoms with van der Waals surface area (Å²) in [6.45, 7) is 0.922. The molecule has 0 bridgehead atoms. The summed E-state index contributed by atoms with van der Waals surface area (Å²) in [4.78, 5) is 37.4.